The summed E-state index contributed by atoms with van der Waals surface area (Å²) in [6, 6.07) is 7.60. The molecule has 1 aromatic carbocycles. The summed E-state index contributed by atoms with van der Waals surface area (Å²) in [6.07, 6.45) is 1.18. The first-order valence-electron chi connectivity index (χ1n) is 5.18. The lowest BCUT2D eigenvalue weighted by Crippen LogP contribution is -2.38. The van der Waals surface area contributed by atoms with Gasteiger partial charge in [0.15, 0.2) is 5.79 Å². The van der Waals surface area contributed by atoms with E-state index in [2.05, 4.69) is 6.92 Å². The molecule has 1 aromatic rings. The summed E-state index contributed by atoms with van der Waals surface area (Å²) in [5, 5.41) is 0.728. The van der Waals surface area contributed by atoms with Gasteiger partial charge in [-0.1, -0.05) is 23.7 Å². The Balaban J connectivity index is 2.24. The SMILES string of the molecule is C[C@H]1CCO[C@](C)(c2ccc(Cl)cc2)O1. The third kappa shape index (κ3) is 2.33. The Labute approximate surface area is 95.1 Å². The largest absolute Gasteiger partial charge is 0.346 e. The molecule has 0 radical (unpaired) electrons. The van der Waals surface area contributed by atoms with Crippen molar-refractivity contribution >= 4 is 11.6 Å². The second-order valence-electron chi connectivity index (χ2n) is 4.02. The molecule has 82 valence electrons. The molecule has 2 rings (SSSR count). The van der Waals surface area contributed by atoms with Gasteiger partial charge in [0, 0.05) is 10.6 Å². The summed E-state index contributed by atoms with van der Waals surface area (Å²) in [6.45, 7) is 4.75. The maximum Gasteiger partial charge on any atom is 0.192 e. The van der Waals surface area contributed by atoms with Crippen LogP contribution in [0.3, 0.4) is 0 Å². The van der Waals surface area contributed by atoms with Gasteiger partial charge in [0.25, 0.3) is 0 Å². The maximum atomic E-state index is 5.84. The van der Waals surface area contributed by atoms with E-state index < -0.39 is 5.79 Å². The van der Waals surface area contributed by atoms with E-state index in [0.717, 1.165) is 23.6 Å². The van der Waals surface area contributed by atoms with Crippen LogP contribution in [0.15, 0.2) is 24.3 Å². The van der Waals surface area contributed by atoms with Gasteiger partial charge in [0.2, 0.25) is 0 Å². The van der Waals surface area contributed by atoms with Crippen molar-refractivity contribution in [2.75, 3.05) is 6.61 Å². The van der Waals surface area contributed by atoms with Crippen molar-refractivity contribution in [1.82, 2.24) is 0 Å². The molecule has 2 atom stereocenters. The third-order valence-electron chi connectivity index (χ3n) is 2.70. The van der Waals surface area contributed by atoms with Crippen molar-refractivity contribution in [3.05, 3.63) is 34.9 Å². The molecule has 1 aliphatic heterocycles. The van der Waals surface area contributed by atoms with Crippen LogP contribution in [0.1, 0.15) is 25.8 Å². The number of benzene rings is 1. The van der Waals surface area contributed by atoms with Gasteiger partial charge in [0.05, 0.1) is 12.7 Å². The molecule has 0 bridgehead atoms. The summed E-state index contributed by atoms with van der Waals surface area (Å²) < 4.78 is 11.5. The highest BCUT2D eigenvalue weighted by Gasteiger charge is 2.33. The molecule has 0 unspecified atom stereocenters. The van der Waals surface area contributed by atoms with E-state index in [1.54, 1.807) is 0 Å². The van der Waals surface area contributed by atoms with Crippen LogP contribution in [-0.4, -0.2) is 12.7 Å². The summed E-state index contributed by atoms with van der Waals surface area (Å²) >= 11 is 5.84. The van der Waals surface area contributed by atoms with E-state index in [9.17, 15) is 0 Å². The summed E-state index contributed by atoms with van der Waals surface area (Å²) in [5.74, 6) is -0.623. The zero-order chi connectivity index (χ0) is 10.9. The zero-order valence-electron chi connectivity index (χ0n) is 9.00. The highest BCUT2D eigenvalue weighted by molar-refractivity contribution is 6.30. The Hall–Kier alpha value is -0.570. The molecule has 0 spiro atoms. The molecular weight excluding hydrogens is 212 g/mol. The van der Waals surface area contributed by atoms with Crippen LogP contribution < -0.4 is 0 Å². The lowest BCUT2D eigenvalue weighted by Gasteiger charge is -2.37. The average molecular weight is 227 g/mol. The number of hydrogen-bond donors (Lipinski definition) is 0. The van der Waals surface area contributed by atoms with E-state index in [4.69, 9.17) is 21.1 Å². The van der Waals surface area contributed by atoms with Gasteiger partial charge >= 0.3 is 0 Å². The van der Waals surface area contributed by atoms with Crippen LogP contribution >= 0.6 is 11.6 Å². The van der Waals surface area contributed by atoms with Crippen LogP contribution in [0.5, 0.6) is 0 Å². The van der Waals surface area contributed by atoms with Gasteiger partial charge in [0.1, 0.15) is 0 Å². The minimum atomic E-state index is -0.623. The molecule has 2 nitrogen and oxygen atoms in total. The van der Waals surface area contributed by atoms with Gasteiger partial charge in [-0.3, -0.25) is 0 Å². The van der Waals surface area contributed by atoms with Gasteiger partial charge in [-0.25, -0.2) is 0 Å². The summed E-state index contributed by atoms with van der Waals surface area (Å²) in [7, 11) is 0. The van der Waals surface area contributed by atoms with Crippen LogP contribution in [0.2, 0.25) is 5.02 Å². The molecule has 15 heavy (non-hydrogen) atoms. The second kappa shape index (κ2) is 4.12. The van der Waals surface area contributed by atoms with Crippen molar-refractivity contribution in [3.8, 4) is 0 Å². The highest BCUT2D eigenvalue weighted by Crippen LogP contribution is 2.33. The zero-order valence-corrected chi connectivity index (χ0v) is 9.75. The van der Waals surface area contributed by atoms with E-state index in [1.165, 1.54) is 0 Å². The van der Waals surface area contributed by atoms with E-state index >= 15 is 0 Å². The molecule has 1 saturated heterocycles. The monoisotopic (exact) mass is 226 g/mol. The fraction of sp³-hybridized carbons (Fsp3) is 0.500. The molecule has 0 saturated carbocycles. The highest BCUT2D eigenvalue weighted by atomic mass is 35.5. The van der Waals surface area contributed by atoms with Gasteiger partial charge < -0.3 is 9.47 Å². The molecule has 0 N–H and O–H groups in total. The smallest absolute Gasteiger partial charge is 0.192 e. The molecule has 1 fully saturated rings. The molecule has 0 aromatic heterocycles. The van der Waals surface area contributed by atoms with E-state index in [-0.39, 0.29) is 6.10 Å². The Bertz CT molecular complexity index is 336. The van der Waals surface area contributed by atoms with Gasteiger partial charge in [-0.2, -0.15) is 0 Å². The predicted octanol–water partition coefficient (Wildman–Crippen LogP) is 3.34. The topological polar surface area (TPSA) is 18.5 Å². The van der Waals surface area contributed by atoms with Gasteiger partial charge in [-0.05, 0) is 32.4 Å². The second-order valence-corrected chi connectivity index (χ2v) is 4.45. The van der Waals surface area contributed by atoms with Crippen molar-refractivity contribution in [1.29, 1.82) is 0 Å². The van der Waals surface area contributed by atoms with Crippen LogP contribution in [0.4, 0.5) is 0 Å². The normalized spacial score (nSPS) is 31.5. The molecule has 1 heterocycles. The molecule has 0 amide bonds. The third-order valence-corrected chi connectivity index (χ3v) is 2.95. The number of halogens is 1. The predicted molar refractivity (Wildman–Crippen MR) is 59.9 cm³/mol. The molecular formula is C12H15ClO2. The van der Waals surface area contributed by atoms with Crippen molar-refractivity contribution in [2.24, 2.45) is 0 Å². The molecule has 1 aliphatic rings. The van der Waals surface area contributed by atoms with Crippen molar-refractivity contribution in [3.63, 3.8) is 0 Å². The van der Waals surface area contributed by atoms with E-state index in [1.807, 2.05) is 31.2 Å². The fourth-order valence-electron chi connectivity index (χ4n) is 1.80. The Morgan fingerprint density at radius 1 is 1.33 bits per heavy atom. The first-order valence-corrected chi connectivity index (χ1v) is 5.56. The van der Waals surface area contributed by atoms with Crippen molar-refractivity contribution in [2.45, 2.75) is 32.2 Å². The lowest BCUT2D eigenvalue weighted by atomic mass is 10.1. The molecule has 0 aliphatic carbocycles. The summed E-state index contributed by atoms with van der Waals surface area (Å²) in [4.78, 5) is 0. The van der Waals surface area contributed by atoms with E-state index in [0.29, 0.717) is 0 Å². The van der Waals surface area contributed by atoms with Crippen LogP contribution in [-0.2, 0) is 15.3 Å². The Kier molecular flexibility index (Phi) is 3.01. The Morgan fingerprint density at radius 3 is 2.60 bits per heavy atom. The van der Waals surface area contributed by atoms with Crippen molar-refractivity contribution < 1.29 is 9.47 Å². The minimum Gasteiger partial charge on any atom is -0.346 e. The number of ether oxygens (including phenoxy) is 2. The fourth-order valence-corrected chi connectivity index (χ4v) is 1.93. The lowest BCUT2D eigenvalue weighted by molar-refractivity contribution is -0.288. The first-order chi connectivity index (χ1) is 7.10. The van der Waals surface area contributed by atoms with Crippen LogP contribution in [0, 0.1) is 0 Å². The number of rotatable bonds is 1. The Morgan fingerprint density at radius 2 is 2.00 bits per heavy atom. The van der Waals surface area contributed by atoms with Gasteiger partial charge in [-0.15, -0.1) is 0 Å². The maximum absolute atomic E-state index is 5.84. The van der Waals surface area contributed by atoms with Crippen LogP contribution in [0.25, 0.3) is 0 Å². The minimum absolute atomic E-state index is 0.236. The number of hydrogen-bond acceptors (Lipinski definition) is 2. The quantitative estimate of drug-likeness (QED) is 0.731. The average Bonchev–Trinajstić information content (AvgIpc) is 2.18. The summed E-state index contributed by atoms with van der Waals surface area (Å²) in [5.41, 5.74) is 1.01. The first kappa shape index (κ1) is 10.9. The standard InChI is InChI=1S/C12H15ClO2/c1-9-7-8-14-12(2,15-9)10-3-5-11(13)6-4-10/h3-6,9H,7-8H2,1-2H3/t9-,12-/m0/s1. The molecule has 3 heteroatoms.